The second kappa shape index (κ2) is 2.80. The minimum Gasteiger partial charge on any atom is -0.281 e. The van der Waals surface area contributed by atoms with Gasteiger partial charge in [-0.1, -0.05) is 13.8 Å². The van der Waals surface area contributed by atoms with Gasteiger partial charge in [-0.2, -0.15) is 8.78 Å². The number of hydrogen-bond donors (Lipinski definition) is 0. The molecule has 0 spiro atoms. The number of carbonyl (C=O) groups excluding carboxylic acids is 1. The van der Waals surface area contributed by atoms with E-state index in [-0.39, 0.29) is 0 Å². The van der Waals surface area contributed by atoms with E-state index in [0.717, 1.165) is 6.08 Å². The van der Waals surface area contributed by atoms with Gasteiger partial charge in [0.2, 0.25) is 5.24 Å². The van der Waals surface area contributed by atoms with Gasteiger partial charge >= 0.3 is 0 Å². The van der Waals surface area contributed by atoms with Crippen molar-refractivity contribution in [2.24, 2.45) is 17.3 Å². The van der Waals surface area contributed by atoms with Gasteiger partial charge in [0.15, 0.2) is 0 Å². The number of halogens is 3. The predicted octanol–water partition coefficient (Wildman–Crippen LogP) is 2.80. The van der Waals surface area contributed by atoms with Crippen LogP contribution in [-0.4, -0.2) is 5.24 Å². The van der Waals surface area contributed by atoms with Gasteiger partial charge in [-0.05, 0) is 29.0 Å². The molecule has 12 heavy (non-hydrogen) atoms. The topological polar surface area (TPSA) is 17.1 Å². The van der Waals surface area contributed by atoms with Crippen molar-refractivity contribution in [2.45, 2.75) is 13.8 Å². The predicted molar refractivity (Wildman–Crippen MR) is 41.9 cm³/mol. The van der Waals surface area contributed by atoms with E-state index in [2.05, 4.69) is 0 Å². The first-order valence-corrected chi connectivity index (χ1v) is 3.97. The molecule has 1 aliphatic carbocycles. The molecule has 0 N–H and O–H groups in total. The van der Waals surface area contributed by atoms with E-state index in [1.807, 2.05) is 0 Å². The molecule has 1 rings (SSSR count). The average Bonchev–Trinajstić information content (AvgIpc) is 2.32. The molecule has 0 aromatic heterocycles. The summed E-state index contributed by atoms with van der Waals surface area (Å²) in [5.41, 5.74) is -0.401. The zero-order valence-electron chi connectivity index (χ0n) is 6.77. The maximum Gasteiger partial charge on any atom is 0.266 e. The number of allylic oxidation sites excluding steroid dienone is 1. The van der Waals surface area contributed by atoms with Gasteiger partial charge in [0.25, 0.3) is 6.08 Å². The standard InChI is InChI=1S/C8H9ClF2O/c1-8(2)4(3-5(10)11)6(8)7(9)12/h3-4,6H,1-2H3/t4-,6+/m1/s1. The molecule has 2 atom stereocenters. The van der Waals surface area contributed by atoms with Crippen molar-refractivity contribution in [3.63, 3.8) is 0 Å². The van der Waals surface area contributed by atoms with E-state index in [0.29, 0.717) is 0 Å². The van der Waals surface area contributed by atoms with Crippen molar-refractivity contribution in [3.05, 3.63) is 12.2 Å². The molecule has 0 saturated heterocycles. The molecule has 0 amide bonds. The van der Waals surface area contributed by atoms with Crippen molar-refractivity contribution < 1.29 is 13.6 Å². The summed E-state index contributed by atoms with van der Waals surface area (Å²) in [5.74, 6) is -0.840. The fraction of sp³-hybridized carbons (Fsp3) is 0.625. The maximum atomic E-state index is 11.8. The lowest BCUT2D eigenvalue weighted by Crippen LogP contribution is -1.96. The molecule has 0 aliphatic heterocycles. The van der Waals surface area contributed by atoms with Gasteiger partial charge in [0.05, 0.1) is 0 Å². The van der Waals surface area contributed by atoms with Crippen LogP contribution < -0.4 is 0 Å². The van der Waals surface area contributed by atoms with E-state index < -0.39 is 28.6 Å². The Labute approximate surface area is 74.4 Å². The lowest BCUT2D eigenvalue weighted by molar-refractivity contribution is -0.113. The molecule has 1 aliphatic rings. The van der Waals surface area contributed by atoms with Crippen LogP contribution in [0.2, 0.25) is 0 Å². The van der Waals surface area contributed by atoms with E-state index in [9.17, 15) is 13.6 Å². The number of hydrogen-bond acceptors (Lipinski definition) is 1. The zero-order valence-corrected chi connectivity index (χ0v) is 7.53. The Bertz CT molecular complexity index is 243. The third kappa shape index (κ3) is 1.51. The Morgan fingerprint density at radius 1 is 1.50 bits per heavy atom. The molecule has 0 heterocycles. The number of carbonyl (C=O) groups is 1. The van der Waals surface area contributed by atoms with Crippen LogP contribution in [0, 0.1) is 17.3 Å². The minimum absolute atomic E-state index is 0.396. The highest BCUT2D eigenvalue weighted by Gasteiger charge is 2.60. The molecule has 0 bridgehead atoms. The zero-order chi connectivity index (χ0) is 9.52. The Morgan fingerprint density at radius 2 is 2.00 bits per heavy atom. The van der Waals surface area contributed by atoms with Crippen molar-refractivity contribution in [1.82, 2.24) is 0 Å². The van der Waals surface area contributed by atoms with Crippen molar-refractivity contribution in [1.29, 1.82) is 0 Å². The first-order valence-electron chi connectivity index (χ1n) is 3.59. The van der Waals surface area contributed by atoms with E-state index in [1.165, 1.54) is 0 Å². The second-order valence-corrected chi connectivity index (χ2v) is 3.96. The SMILES string of the molecule is CC1(C)[C@H](C=C(F)F)[C@H]1C(=O)Cl. The fourth-order valence-corrected chi connectivity index (χ4v) is 1.97. The molecule has 1 fully saturated rings. The quantitative estimate of drug-likeness (QED) is 0.618. The first kappa shape index (κ1) is 9.65. The summed E-state index contributed by atoms with van der Waals surface area (Å²) in [5, 5.41) is -0.525. The van der Waals surface area contributed by atoms with E-state index in [4.69, 9.17) is 11.6 Å². The summed E-state index contributed by atoms with van der Waals surface area (Å²) in [4.78, 5) is 10.7. The van der Waals surface area contributed by atoms with Crippen molar-refractivity contribution in [2.75, 3.05) is 0 Å². The molecule has 0 unspecified atom stereocenters. The summed E-state index contributed by atoms with van der Waals surface area (Å²) < 4.78 is 23.6. The molecule has 1 nitrogen and oxygen atoms in total. The number of rotatable bonds is 2. The van der Waals surface area contributed by atoms with Gasteiger partial charge in [0, 0.05) is 5.92 Å². The Hall–Kier alpha value is -0.440. The van der Waals surface area contributed by atoms with Crippen LogP contribution in [0.5, 0.6) is 0 Å². The summed E-state index contributed by atoms with van der Waals surface area (Å²) in [6.07, 6.45) is -0.932. The van der Waals surface area contributed by atoms with Crippen LogP contribution >= 0.6 is 11.6 Å². The summed E-state index contributed by atoms with van der Waals surface area (Å²) >= 11 is 5.22. The van der Waals surface area contributed by atoms with Crippen LogP contribution in [-0.2, 0) is 4.79 Å². The average molecular weight is 195 g/mol. The Kier molecular flexibility index (Phi) is 2.25. The van der Waals surface area contributed by atoms with Crippen molar-refractivity contribution >= 4 is 16.8 Å². The lowest BCUT2D eigenvalue weighted by Gasteiger charge is -1.95. The Balaban J connectivity index is 2.73. The third-order valence-corrected chi connectivity index (χ3v) is 2.70. The molecule has 4 heteroatoms. The molecular formula is C8H9ClF2O. The Morgan fingerprint density at radius 3 is 2.25 bits per heavy atom. The highest BCUT2D eigenvalue weighted by atomic mass is 35.5. The molecule has 1 saturated carbocycles. The molecule has 68 valence electrons. The lowest BCUT2D eigenvalue weighted by atomic mass is 10.1. The van der Waals surface area contributed by atoms with E-state index in [1.54, 1.807) is 13.8 Å². The largest absolute Gasteiger partial charge is 0.281 e. The summed E-state index contributed by atoms with van der Waals surface area (Å²) in [6.45, 7) is 3.50. The highest BCUT2D eigenvalue weighted by Crippen LogP contribution is 2.60. The van der Waals surface area contributed by atoms with Crippen LogP contribution in [0.15, 0.2) is 12.2 Å². The van der Waals surface area contributed by atoms with Crippen LogP contribution in [0.3, 0.4) is 0 Å². The van der Waals surface area contributed by atoms with Crippen molar-refractivity contribution in [3.8, 4) is 0 Å². The van der Waals surface area contributed by atoms with Gasteiger partial charge in [-0.3, -0.25) is 4.79 Å². The fourth-order valence-electron chi connectivity index (χ4n) is 1.56. The second-order valence-electron chi connectivity index (χ2n) is 3.59. The normalized spacial score (nSPS) is 31.1. The molecule has 0 aromatic rings. The minimum atomic E-state index is -1.74. The van der Waals surface area contributed by atoms with Gasteiger partial charge in [0.1, 0.15) is 0 Å². The third-order valence-electron chi connectivity index (χ3n) is 2.46. The monoisotopic (exact) mass is 194 g/mol. The molecular weight excluding hydrogens is 186 g/mol. The van der Waals surface area contributed by atoms with Gasteiger partial charge in [-0.15, -0.1) is 0 Å². The molecule has 0 radical (unpaired) electrons. The maximum absolute atomic E-state index is 11.8. The van der Waals surface area contributed by atoms with Gasteiger partial charge < -0.3 is 0 Å². The first-order chi connectivity index (χ1) is 5.37. The van der Waals surface area contributed by atoms with Crippen LogP contribution in [0.4, 0.5) is 8.78 Å². The van der Waals surface area contributed by atoms with Crippen LogP contribution in [0.1, 0.15) is 13.8 Å². The van der Waals surface area contributed by atoms with Gasteiger partial charge in [-0.25, -0.2) is 0 Å². The van der Waals surface area contributed by atoms with E-state index >= 15 is 0 Å². The smallest absolute Gasteiger partial charge is 0.266 e. The van der Waals surface area contributed by atoms with Crippen LogP contribution in [0.25, 0.3) is 0 Å². The highest BCUT2D eigenvalue weighted by molar-refractivity contribution is 6.64. The summed E-state index contributed by atoms with van der Waals surface area (Å²) in [6, 6.07) is 0. The summed E-state index contributed by atoms with van der Waals surface area (Å²) in [7, 11) is 0. The molecule has 0 aromatic carbocycles.